The van der Waals surface area contributed by atoms with Crippen molar-refractivity contribution in [1.29, 1.82) is 0 Å². The SMILES string of the molecule is CC(O)c1cc(C(=O)O)nc2c(O)cccc12. The fourth-order valence-electron chi connectivity index (χ4n) is 1.71. The van der Waals surface area contributed by atoms with Crippen LogP contribution in [-0.2, 0) is 0 Å². The first-order chi connectivity index (χ1) is 8.00. The highest BCUT2D eigenvalue weighted by molar-refractivity contribution is 5.93. The third-order valence-electron chi connectivity index (χ3n) is 2.52. The molecule has 1 atom stereocenters. The van der Waals surface area contributed by atoms with Crippen LogP contribution in [-0.4, -0.2) is 26.3 Å². The fraction of sp³-hybridized carbons (Fsp3) is 0.167. The predicted molar refractivity (Wildman–Crippen MR) is 61.0 cm³/mol. The average molecular weight is 233 g/mol. The summed E-state index contributed by atoms with van der Waals surface area (Å²) in [5, 5.41) is 28.7. The molecule has 0 bridgehead atoms. The van der Waals surface area contributed by atoms with Crippen molar-refractivity contribution in [2.24, 2.45) is 0 Å². The second kappa shape index (κ2) is 4.03. The number of aliphatic hydroxyl groups excluding tert-OH is 1. The highest BCUT2D eigenvalue weighted by Crippen LogP contribution is 2.29. The number of hydrogen-bond donors (Lipinski definition) is 3. The maximum atomic E-state index is 10.9. The van der Waals surface area contributed by atoms with Gasteiger partial charge in [-0.05, 0) is 24.6 Å². The average Bonchev–Trinajstić information content (AvgIpc) is 2.28. The van der Waals surface area contributed by atoms with Crippen LogP contribution in [0.4, 0.5) is 0 Å². The number of nitrogens with zero attached hydrogens (tertiary/aromatic N) is 1. The third kappa shape index (κ3) is 1.92. The van der Waals surface area contributed by atoms with Gasteiger partial charge in [0.15, 0.2) is 0 Å². The van der Waals surface area contributed by atoms with Crippen molar-refractivity contribution in [1.82, 2.24) is 4.98 Å². The van der Waals surface area contributed by atoms with Gasteiger partial charge in [-0.2, -0.15) is 0 Å². The Hall–Kier alpha value is -2.14. The lowest BCUT2D eigenvalue weighted by Crippen LogP contribution is -2.04. The van der Waals surface area contributed by atoms with Crippen LogP contribution >= 0.6 is 0 Å². The van der Waals surface area contributed by atoms with Gasteiger partial charge in [0.05, 0.1) is 6.10 Å². The summed E-state index contributed by atoms with van der Waals surface area (Å²) in [4.78, 5) is 14.8. The number of rotatable bonds is 2. The van der Waals surface area contributed by atoms with Crippen LogP contribution in [0, 0.1) is 0 Å². The van der Waals surface area contributed by atoms with Gasteiger partial charge in [-0.15, -0.1) is 0 Å². The van der Waals surface area contributed by atoms with Crippen LogP contribution in [0.2, 0.25) is 0 Å². The summed E-state index contributed by atoms with van der Waals surface area (Å²) in [6.07, 6.45) is -0.833. The van der Waals surface area contributed by atoms with Gasteiger partial charge in [0.1, 0.15) is 17.0 Å². The molecule has 0 aliphatic rings. The molecule has 0 aliphatic heterocycles. The van der Waals surface area contributed by atoms with Gasteiger partial charge >= 0.3 is 5.97 Å². The highest BCUT2D eigenvalue weighted by Gasteiger charge is 2.15. The Kier molecular flexibility index (Phi) is 2.69. The molecule has 1 aromatic carbocycles. The van der Waals surface area contributed by atoms with Crippen LogP contribution < -0.4 is 0 Å². The van der Waals surface area contributed by atoms with Gasteiger partial charge < -0.3 is 15.3 Å². The van der Waals surface area contributed by atoms with Crippen LogP contribution in [0.25, 0.3) is 10.9 Å². The van der Waals surface area contributed by atoms with Crippen LogP contribution in [0.1, 0.15) is 29.1 Å². The van der Waals surface area contributed by atoms with Gasteiger partial charge in [-0.1, -0.05) is 12.1 Å². The summed E-state index contributed by atoms with van der Waals surface area (Å²) in [5.74, 6) is -1.30. The molecule has 0 amide bonds. The number of carbonyl (C=O) groups is 1. The van der Waals surface area contributed by atoms with E-state index in [-0.39, 0.29) is 17.0 Å². The van der Waals surface area contributed by atoms with Gasteiger partial charge in [0.2, 0.25) is 0 Å². The fourth-order valence-corrected chi connectivity index (χ4v) is 1.71. The molecule has 2 aromatic rings. The molecule has 1 aromatic heterocycles. The number of hydrogen-bond acceptors (Lipinski definition) is 4. The van der Waals surface area contributed by atoms with E-state index in [0.29, 0.717) is 10.9 Å². The second-order valence-corrected chi connectivity index (χ2v) is 3.75. The number of fused-ring (bicyclic) bond motifs is 1. The molecule has 0 saturated heterocycles. The number of aromatic carboxylic acids is 1. The first-order valence-electron chi connectivity index (χ1n) is 5.04. The van der Waals surface area contributed by atoms with E-state index in [2.05, 4.69) is 4.98 Å². The first-order valence-corrected chi connectivity index (χ1v) is 5.04. The molecule has 0 spiro atoms. The predicted octanol–water partition coefficient (Wildman–Crippen LogP) is 1.69. The Labute approximate surface area is 97.0 Å². The molecule has 1 unspecified atom stereocenters. The zero-order chi connectivity index (χ0) is 12.6. The smallest absolute Gasteiger partial charge is 0.354 e. The number of pyridine rings is 1. The monoisotopic (exact) mass is 233 g/mol. The summed E-state index contributed by atoms with van der Waals surface area (Å²) < 4.78 is 0. The molecule has 1 heterocycles. The lowest BCUT2D eigenvalue weighted by atomic mass is 10.0. The minimum Gasteiger partial charge on any atom is -0.506 e. The molecule has 0 radical (unpaired) electrons. The summed E-state index contributed by atoms with van der Waals surface area (Å²) >= 11 is 0. The number of phenols is 1. The number of aliphatic hydroxyl groups is 1. The summed E-state index contributed by atoms with van der Waals surface area (Å²) in [5.41, 5.74) is 0.418. The highest BCUT2D eigenvalue weighted by atomic mass is 16.4. The van der Waals surface area contributed by atoms with E-state index in [9.17, 15) is 15.0 Å². The molecule has 5 nitrogen and oxygen atoms in total. The zero-order valence-corrected chi connectivity index (χ0v) is 9.08. The van der Waals surface area contributed by atoms with Crippen molar-refractivity contribution in [2.75, 3.05) is 0 Å². The number of benzene rings is 1. The zero-order valence-electron chi connectivity index (χ0n) is 9.08. The molecule has 0 saturated carbocycles. The van der Waals surface area contributed by atoms with E-state index in [1.165, 1.54) is 19.1 Å². The Morgan fingerprint density at radius 1 is 1.41 bits per heavy atom. The van der Waals surface area contributed by atoms with Crippen molar-refractivity contribution in [3.8, 4) is 5.75 Å². The Morgan fingerprint density at radius 3 is 2.71 bits per heavy atom. The van der Waals surface area contributed by atoms with Gasteiger partial charge in [-0.25, -0.2) is 9.78 Å². The molecule has 3 N–H and O–H groups in total. The molecule has 0 fully saturated rings. The molecular weight excluding hydrogens is 222 g/mol. The van der Waals surface area contributed by atoms with E-state index < -0.39 is 12.1 Å². The maximum Gasteiger partial charge on any atom is 0.354 e. The minimum absolute atomic E-state index is 0.104. The standard InChI is InChI=1S/C12H11NO4/c1-6(14)8-5-9(12(16)17)13-11-7(8)3-2-4-10(11)15/h2-6,14-15H,1H3,(H,16,17). The van der Waals surface area contributed by atoms with Crippen molar-refractivity contribution in [2.45, 2.75) is 13.0 Å². The van der Waals surface area contributed by atoms with E-state index >= 15 is 0 Å². The normalized spacial score (nSPS) is 12.6. The van der Waals surface area contributed by atoms with Crippen LogP contribution in [0.3, 0.4) is 0 Å². The van der Waals surface area contributed by atoms with Crippen molar-refractivity contribution < 1.29 is 20.1 Å². The molecule has 88 valence electrons. The topological polar surface area (TPSA) is 90.7 Å². The third-order valence-corrected chi connectivity index (χ3v) is 2.52. The lowest BCUT2D eigenvalue weighted by molar-refractivity contribution is 0.0690. The van der Waals surface area contributed by atoms with E-state index in [4.69, 9.17) is 5.11 Å². The summed E-state index contributed by atoms with van der Waals surface area (Å²) in [6, 6.07) is 6.03. The Morgan fingerprint density at radius 2 is 2.12 bits per heavy atom. The van der Waals surface area contributed by atoms with E-state index in [1.807, 2.05) is 0 Å². The Bertz CT molecular complexity index is 592. The van der Waals surface area contributed by atoms with E-state index in [0.717, 1.165) is 0 Å². The summed E-state index contributed by atoms with van der Waals surface area (Å²) in [6.45, 7) is 1.53. The van der Waals surface area contributed by atoms with Crippen LogP contribution in [0.15, 0.2) is 24.3 Å². The number of carboxylic acids is 1. The number of para-hydroxylation sites is 1. The molecule has 0 aliphatic carbocycles. The Balaban J connectivity index is 2.86. The number of aromatic hydroxyl groups is 1. The maximum absolute atomic E-state index is 10.9. The van der Waals surface area contributed by atoms with Crippen molar-refractivity contribution in [3.63, 3.8) is 0 Å². The van der Waals surface area contributed by atoms with E-state index in [1.54, 1.807) is 12.1 Å². The first kappa shape index (κ1) is 11.3. The van der Waals surface area contributed by atoms with Crippen molar-refractivity contribution >= 4 is 16.9 Å². The molecule has 5 heteroatoms. The molecular formula is C12H11NO4. The minimum atomic E-state index is -1.20. The van der Waals surface area contributed by atoms with Gasteiger partial charge in [0.25, 0.3) is 0 Å². The largest absolute Gasteiger partial charge is 0.506 e. The second-order valence-electron chi connectivity index (χ2n) is 3.75. The van der Waals surface area contributed by atoms with Gasteiger partial charge in [0, 0.05) is 5.39 Å². The number of aromatic nitrogens is 1. The summed E-state index contributed by atoms with van der Waals surface area (Å²) in [7, 11) is 0. The number of phenolic OH excluding ortho intramolecular Hbond substituents is 1. The lowest BCUT2D eigenvalue weighted by Gasteiger charge is -2.10. The molecule has 2 rings (SSSR count). The number of carboxylic acid groups (broad SMARTS) is 1. The van der Waals surface area contributed by atoms with Crippen molar-refractivity contribution in [3.05, 3.63) is 35.5 Å². The van der Waals surface area contributed by atoms with Gasteiger partial charge in [-0.3, -0.25) is 0 Å². The molecule has 17 heavy (non-hydrogen) atoms. The quantitative estimate of drug-likeness (QED) is 0.734. The van der Waals surface area contributed by atoms with Crippen LogP contribution in [0.5, 0.6) is 5.75 Å².